The monoisotopic (exact) mass is 450 g/mol. The predicted octanol–water partition coefficient (Wildman–Crippen LogP) is 4.05. The molecule has 0 heterocycles. The fraction of sp³-hybridized carbons (Fsp3) is 0.760. The highest BCUT2D eigenvalue weighted by Gasteiger charge is 2.75. The molecule has 0 saturated heterocycles. The molecule has 0 aromatic rings. The number of allylic oxidation sites excluding steroid dienone is 4. The van der Waals surface area contributed by atoms with Crippen molar-refractivity contribution in [2.45, 2.75) is 82.9 Å². The van der Waals surface area contributed by atoms with Crippen molar-refractivity contribution < 1.29 is 24.2 Å². The molecule has 4 aliphatic rings. The molecule has 0 radical (unpaired) electrons. The van der Waals surface area contributed by atoms with Gasteiger partial charge in [0, 0.05) is 16.7 Å². The van der Waals surface area contributed by atoms with Crippen LogP contribution in [0.15, 0.2) is 23.8 Å². The van der Waals surface area contributed by atoms with Crippen LogP contribution >= 0.6 is 11.8 Å². The summed E-state index contributed by atoms with van der Waals surface area (Å²) in [7, 11) is 0. The standard InChI is InChI=1S/C25H35FO4S/c1-14(2)31-13-21(29)25(30)15(3)10-19-18-7-6-16-11-17(27)8-9-22(16,4)24(18,26)20(28)12-23(19,25)5/h8-9,11,14-15,18-20,28,30H,6-7,10,12-13H2,1-5H3/t15?,18-,19-,20?,22-,23-,24-,25-/m0/s1. The summed E-state index contributed by atoms with van der Waals surface area (Å²) < 4.78 is 17.1. The molecule has 31 heavy (non-hydrogen) atoms. The lowest BCUT2D eigenvalue weighted by atomic mass is 9.44. The van der Waals surface area contributed by atoms with Gasteiger partial charge in [0.05, 0.1) is 11.9 Å². The van der Waals surface area contributed by atoms with Gasteiger partial charge in [0.2, 0.25) is 0 Å². The van der Waals surface area contributed by atoms with Gasteiger partial charge in [-0.25, -0.2) is 4.39 Å². The maximum Gasteiger partial charge on any atom is 0.178 e. The van der Waals surface area contributed by atoms with Crippen LogP contribution in [0.3, 0.4) is 0 Å². The van der Waals surface area contributed by atoms with Crippen LogP contribution in [0.2, 0.25) is 0 Å². The third kappa shape index (κ3) is 2.86. The Labute approximate surface area is 188 Å². The summed E-state index contributed by atoms with van der Waals surface area (Å²) in [5.74, 6) is -1.11. The number of aliphatic hydroxyl groups is 2. The maximum atomic E-state index is 17.1. The molecular weight excluding hydrogens is 415 g/mol. The zero-order valence-corrected chi connectivity index (χ0v) is 20.0. The molecular formula is C25H35FO4S. The highest BCUT2D eigenvalue weighted by Crippen LogP contribution is 2.70. The minimum absolute atomic E-state index is 0.0360. The van der Waals surface area contributed by atoms with Gasteiger partial charge in [-0.3, -0.25) is 9.59 Å². The van der Waals surface area contributed by atoms with Gasteiger partial charge in [0.25, 0.3) is 0 Å². The number of carbonyl (C=O) groups excluding carboxylic acids is 2. The highest BCUT2D eigenvalue weighted by molar-refractivity contribution is 8.00. The van der Waals surface area contributed by atoms with Crippen LogP contribution in [0.4, 0.5) is 4.39 Å². The quantitative estimate of drug-likeness (QED) is 0.676. The van der Waals surface area contributed by atoms with Crippen LogP contribution in [-0.4, -0.2) is 50.2 Å². The number of hydrogen-bond donors (Lipinski definition) is 2. The summed E-state index contributed by atoms with van der Waals surface area (Å²) in [4.78, 5) is 25.2. The minimum atomic E-state index is -1.93. The Morgan fingerprint density at radius 3 is 2.65 bits per heavy atom. The van der Waals surface area contributed by atoms with E-state index in [0.29, 0.717) is 19.3 Å². The molecule has 0 spiro atoms. The Hall–Kier alpha value is -0.980. The molecule has 0 amide bonds. The number of carbonyl (C=O) groups is 2. The normalized spacial score (nSPS) is 48.8. The number of rotatable bonds is 4. The molecule has 4 nitrogen and oxygen atoms in total. The van der Waals surface area contributed by atoms with E-state index in [4.69, 9.17) is 0 Å². The molecule has 6 heteroatoms. The number of Topliss-reactive ketones (excluding diaryl/α,β-unsaturated/α-hetero) is 1. The first-order valence-electron chi connectivity index (χ1n) is 11.5. The van der Waals surface area contributed by atoms with E-state index in [1.54, 1.807) is 13.0 Å². The molecule has 2 N–H and O–H groups in total. The van der Waals surface area contributed by atoms with Gasteiger partial charge in [0.1, 0.15) is 5.60 Å². The summed E-state index contributed by atoms with van der Waals surface area (Å²) in [5.41, 5.74) is -4.69. The highest BCUT2D eigenvalue weighted by atomic mass is 32.2. The van der Waals surface area contributed by atoms with Crippen LogP contribution < -0.4 is 0 Å². The van der Waals surface area contributed by atoms with E-state index < -0.39 is 34.1 Å². The number of fused-ring (bicyclic) bond motifs is 5. The number of thioether (sulfide) groups is 1. The van der Waals surface area contributed by atoms with E-state index in [9.17, 15) is 19.8 Å². The van der Waals surface area contributed by atoms with Crippen molar-refractivity contribution in [2.24, 2.45) is 28.6 Å². The van der Waals surface area contributed by atoms with Crippen LogP contribution in [0, 0.1) is 28.6 Å². The van der Waals surface area contributed by atoms with Crippen LogP contribution in [-0.2, 0) is 9.59 Å². The predicted molar refractivity (Wildman–Crippen MR) is 120 cm³/mol. The topological polar surface area (TPSA) is 74.6 Å². The third-order valence-electron chi connectivity index (χ3n) is 9.20. The summed E-state index contributed by atoms with van der Waals surface area (Å²) in [6.45, 7) is 9.60. The van der Waals surface area contributed by atoms with E-state index in [-0.39, 0.29) is 40.8 Å². The second-order valence-corrected chi connectivity index (χ2v) is 12.5. The van der Waals surface area contributed by atoms with Crippen molar-refractivity contribution in [1.29, 1.82) is 0 Å². The second-order valence-electron chi connectivity index (χ2n) is 11.0. The smallest absolute Gasteiger partial charge is 0.178 e. The fourth-order valence-corrected chi connectivity index (χ4v) is 8.20. The molecule has 0 aromatic heterocycles. The molecule has 0 aromatic carbocycles. The first kappa shape index (κ1) is 23.2. The van der Waals surface area contributed by atoms with Crippen molar-refractivity contribution in [3.05, 3.63) is 23.8 Å². The maximum absolute atomic E-state index is 17.1. The fourth-order valence-electron chi connectivity index (χ4n) is 7.49. The molecule has 4 rings (SSSR count). The van der Waals surface area contributed by atoms with E-state index >= 15 is 4.39 Å². The molecule has 0 aliphatic heterocycles. The Morgan fingerprint density at radius 1 is 1.32 bits per heavy atom. The first-order valence-corrected chi connectivity index (χ1v) is 12.6. The van der Waals surface area contributed by atoms with Crippen molar-refractivity contribution >= 4 is 23.3 Å². The lowest BCUT2D eigenvalue weighted by Gasteiger charge is -2.62. The number of hydrogen-bond acceptors (Lipinski definition) is 5. The summed E-state index contributed by atoms with van der Waals surface area (Å²) in [6.07, 6.45) is 4.94. The largest absolute Gasteiger partial charge is 0.390 e. The summed E-state index contributed by atoms with van der Waals surface area (Å²) >= 11 is 1.51. The van der Waals surface area contributed by atoms with E-state index in [0.717, 1.165) is 5.57 Å². The van der Waals surface area contributed by atoms with Crippen LogP contribution in [0.1, 0.15) is 60.3 Å². The van der Waals surface area contributed by atoms with Crippen molar-refractivity contribution in [3.63, 3.8) is 0 Å². The molecule has 172 valence electrons. The minimum Gasteiger partial charge on any atom is -0.390 e. The first-order chi connectivity index (χ1) is 14.3. The van der Waals surface area contributed by atoms with Gasteiger partial charge >= 0.3 is 0 Å². The Kier molecular flexibility index (Phi) is 5.43. The Balaban J connectivity index is 1.75. The van der Waals surface area contributed by atoms with Gasteiger partial charge in [-0.1, -0.05) is 39.3 Å². The second kappa shape index (κ2) is 7.26. The van der Waals surface area contributed by atoms with Crippen molar-refractivity contribution in [2.75, 3.05) is 5.75 Å². The third-order valence-corrected chi connectivity index (χ3v) is 10.3. The number of alkyl halides is 1. The molecule has 2 unspecified atom stereocenters. The van der Waals surface area contributed by atoms with Crippen LogP contribution in [0.25, 0.3) is 0 Å². The summed E-state index contributed by atoms with van der Waals surface area (Å²) in [6, 6.07) is 0. The van der Waals surface area contributed by atoms with Crippen molar-refractivity contribution in [3.8, 4) is 0 Å². The summed E-state index contributed by atoms with van der Waals surface area (Å²) in [5, 5.41) is 23.4. The zero-order valence-electron chi connectivity index (χ0n) is 19.2. The Bertz CT molecular complexity index is 868. The molecule has 4 aliphatic carbocycles. The molecule has 8 atom stereocenters. The van der Waals surface area contributed by atoms with Gasteiger partial charge < -0.3 is 10.2 Å². The average Bonchev–Trinajstić information content (AvgIpc) is 2.89. The van der Waals surface area contributed by atoms with Crippen molar-refractivity contribution in [1.82, 2.24) is 0 Å². The lowest BCUT2D eigenvalue weighted by Crippen LogP contribution is -2.69. The SMILES string of the molecule is CC(C)SCC(=O)[C@@]1(O)C(C)C[C@H]2[C@@H]3CCC4=CC(=O)C=C[C@]4(C)[C@@]3(F)C(O)C[C@@]21C. The van der Waals surface area contributed by atoms with Gasteiger partial charge in [0.15, 0.2) is 17.2 Å². The molecule has 3 fully saturated rings. The van der Waals surface area contributed by atoms with Gasteiger partial charge in [-0.15, -0.1) is 0 Å². The molecule has 0 bridgehead atoms. The van der Waals surface area contributed by atoms with E-state index in [1.807, 2.05) is 27.7 Å². The molecule has 3 saturated carbocycles. The van der Waals surface area contributed by atoms with E-state index in [1.165, 1.54) is 23.9 Å². The van der Waals surface area contributed by atoms with E-state index in [2.05, 4.69) is 0 Å². The number of ketones is 2. The zero-order chi connectivity index (χ0) is 23.0. The number of halogens is 1. The lowest BCUT2D eigenvalue weighted by molar-refractivity contribution is -0.218. The van der Waals surface area contributed by atoms with Gasteiger partial charge in [-0.2, -0.15) is 11.8 Å². The van der Waals surface area contributed by atoms with Crippen LogP contribution in [0.5, 0.6) is 0 Å². The Morgan fingerprint density at radius 2 is 2.00 bits per heavy atom. The van der Waals surface area contributed by atoms with Gasteiger partial charge in [-0.05, 0) is 61.8 Å². The number of aliphatic hydroxyl groups excluding tert-OH is 1. The average molecular weight is 451 g/mol.